The number of amides is 1. The first-order chi connectivity index (χ1) is 17.2. The van der Waals surface area contributed by atoms with Crippen molar-refractivity contribution in [2.24, 2.45) is 0 Å². The number of carbonyl (C=O) groups excluding carboxylic acids is 1. The van der Waals surface area contributed by atoms with Crippen molar-refractivity contribution in [3.63, 3.8) is 0 Å². The van der Waals surface area contributed by atoms with E-state index in [1.165, 1.54) is 11.3 Å². The van der Waals surface area contributed by atoms with Crippen molar-refractivity contribution in [2.45, 2.75) is 38.9 Å². The van der Waals surface area contributed by atoms with Crippen LogP contribution in [0.5, 0.6) is 0 Å². The third kappa shape index (κ3) is 4.85. The zero-order chi connectivity index (χ0) is 25.4. The molecular formula is C24H22F3N7OS. The standard InChI is InChI=1S/C24H22F3N7OS/c1-13-9-29-22(36-13)17-7-15(8-18-20(17)33-19(12-28-18)34-5-3-4-6-34)21(35)32-14(2)16-10-30-23(31-11-16)24(25,26)27/h7-12,14H,3-6H2,1-2H3,(H,32,35). The summed E-state index contributed by atoms with van der Waals surface area (Å²) in [7, 11) is 0. The molecule has 0 radical (unpaired) electrons. The second-order valence-corrected chi connectivity index (χ2v) is 9.86. The van der Waals surface area contributed by atoms with Gasteiger partial charge in [0, 0.05) is 53.2 Å². The zero-order valence-electron chi connectivity index (χ0n) is 19.5. The van der Waals surface area contributed by atoms with Crippen LogP contribution < -0.4 is 10.2 Å². The van der Waals surface area contributed by atoms with E-state index in [0.29, 0.717) is 27.7 Å². The summed E-state index contributed by atoms with van der Waals surface area (Å²) in [4.78, 5) is 37.1. The van der Waals surface area contributed by atoms with Crippen LogP contribution in [0.1, 0.15) is 52.4 Å². The molecule has 0 saturated carbocycles. The van der Waals surface area contributed by atoms with Gasteiger partial charge in [0.25, 0.3) is 5.91 Å². The predicted octanol–water partition coefficient (Wildman–Crippen LogP) is 4.96. The van der Waals surface area contributed by atoms with Gasteiger partial charge < -0.3 is 10.2 Å². The van der Waals surface area contributed by atoms with E-state index >= 15 is 0 Å². The third-order valence-corrected chi connectivity index (χ3v) is 6.90. The Bertz CT molecular complexity index is 1420. The summed E-state index contributed by atoms with van der Waals surface area (Å²) in [6.07, 6.45) is 3.21. The van der Waals surface area contributed by atoms with E-state index in [-0.39, 0.29) is 0 Å². The van der Waals surface area contributed by atoms with Crippen LogP contribution in [-0.4, -0.2) is 43.9 Å². The Hall–Kier alpha value is -3.67. The van der Waals surface area contributed by atoms with Crippen LogP contribution in [0, 0.1) is 6.92 Å². The molecule has 1 saturated heterocycles. The van der Waals surface area contributed by atoms with Gasteiger partial charge in [-0.3, -0.25) is 9.78 Å². The van der Waals surface area contributed by atoms with Crippen LogP contribution in [0.4, 0.5) is 19.0 Å². The van der Waals surface area contributed by atoms with Crippen molar-refractivity contribution in [3.05, 3.63) is 58.7 Å². The molecular weight excluding hydrogens is 491 g/mol. The molecule has 0 aliphatic carbocycles. The molecule has 5 rings (SSSR count). The average Bonchev–Trinajstić information content (AvgIpc) is 3.55. The Labute approximate surface area is 208 Å². The van der Waals surface area contributed by atoms with E-state index in [1.54, 1.807) is 31.5 Å². The number of aromatic nitrogens is 5. The van der Waals surface area contributed by atoms with Gasteiger partial charge in [-0.15, -0.1) is 11.3 Å². The molecule has 3 aromatic heterocycles. The SMILES string of the molecule is Cc1cnc(-c2cc(C(=O)NC(C)c3cnc(C(F)(F)F)nc3)cc3ncc(N4CCCC4)nc23)s1. The van der Waals surface area contributed by atoms with E-state index in [1.807, 2.05) is 6.92 Å². The molecule has 1 fully saturated rings. The number of rotatable bonds is 5. The van der Waals surface area contributed by atoms with E-state index in [2.05, 4.69) is 30.2 Å². The van der Waals surface area contributed by atoms with Crippen LogP contribution in [0.25, 0.3) is 21.6 Å². The van der Waals surface area contributed by atoms with Crippen LogP contribution in [0.3, 0.4) is 0 Å². The van der Waals surface area contributed by atoms with Gasteiger partial charge in [-0.2, -0.15) is 13.2 Å². The van der Waals surface area contributed by atoms with Crippen molar-refractivity contribution in [1.82, 2.24) is 30.2 Å². The van der Waals surface area contributed by atoms with E-state index < -0.39 is 23.9 Å². The summed E-state index contributed by atoms with van der Waals surface area (Å²) >= 11 is 1.50. The maximum atomic E-state index is 13.2. The van der Waals surface area contributed by atoms with Gasteiger partial charge in [-0.05, 0) is 38.8 Å². The summed E-state index contributed by atoms with van der Waals surface area (Å²) in [5, 5.41) is 3.53. The zero-order valence-corrected chi connectivity index (χ0v) is 20.3. The van der Waals surface area contributed by atoms with Crippen LogP contribution in [0.2, 0.25) is 0 Å². The van der Waals surface area contributed by atoms with Crippen molar-refractivity contribution >= 4 is 34.1 Å². The van der Waals surface area contributed by atoms with Crippen molar-refractivity contribution in [2.75, 3.05) is 18.0 Å². The Balaban J connectivity index is 1.47. The number of hydrogen-bond acceptors (Lipinski definition) is 8. The van der Waals surface area contributed by atoms with Gasteiger partial charge in [0.05, 0.1) is 17.8 Å². The fraction of sp³-hybridized carbons (Fsp3) is 0.333. The van der Waals surface area contributed by atoms with E-state index in [4.69, 9.17) is 4.98 Å². The lowest BCUT2D eigenvalue weighted by Crippen LogP contribution is -2.27. The number of nitrogens with one attached hydrogen (secondary N) is 1. The third-order valence-electron chi connectivity index (χ3n) is 5.95. The second-order valence-electron chi connectivity index (χ2n) is 8.62. The number of benzene rings is 1. The Morgan fingerprint density at radius 1 is 1.06 bits per heavy atom. The number of fused-ring (bicyclic) bond motifs is 1. The number of nitrogens with zero attached hydrogens (tertiary/aromatic N) is 6. The first kappa shape index (κ1) is 24.0. The summed E-state index contributed by atoms with van der Waals surface area (Å²) in [5.41, 5.74) is 2.61. The molecule has 186 valence electrons. The Morgan fingerprint density at radius 3 is 2.42 bits per heavy atom. The minimum atomic E-state index is -4.63. The minimum absolute atomic E-state index is 0.341. The number of anilines is 1. The predicted molar refractivity (Wildman–Crippen MR) is 130 cm³/mol. The number of alkyl halides is 3. The highest BCUT2D eigenvalue weighted by molar-refractivity contribution is 7.15. The highest BCUT2D eigenvalue weighted by Gasteiger charge is 2.34. The average molecular weight is 514 g/mol. The fourth-order valence-electron chi connectivity index (χ4n) is 4.05. The Kier molecular flexibility index (Phi) is 6.29. The maximum absolute atomic E-state index is 13.2. The van der Waals surface area contributed by atoms with E-state index in [0.717, 1.165) is 54.0 Å². The molecule has 1 aliphatic heterocycles. The normalized spacial score (nSPS) is 14.9. The number of hydrogen-bond donors (Lipinski definition) is 1. The molecule has 4 heterocycles. The molecule has 1 aromatic carbocycles. The van der Waals surface area contributed by atoms with Crippen LogP contribution in [-0.2, 0) is 6.18 Å². The van der Waals surface area contributed by atoms with Gasteiger partial charge in [-0.1, -0.05) is 0 Å². The molecule has 1 N–H and O–H groups in total. The maximum Gasteiger partial charge on any atom is 0.451 e. The Morgan fingerprint density at radius 2 is 1.78 bits per heavy atom. The molecule has 0 spiro atoms. The summed E-state index contributed by atoms with van der Waals surface area (Å²) in [6.45, 7) is 5.46. The first-order valence-electron chi connectivity index (χ1n) is 11.4. The largest absolute Gasteiger partial charge is 0.451 e. The highest BCUT2D eigenvalue weighted by atomic mass is 32.1. The van der Waals surface area contributed by atoms with Gasteiger partial charge in [-0.25, -0.2) is 19.9 Å². The lowest BCUT2D eigenvalue weighted by Gasteiger charge is -2.18. The van der Waals surface area contributed by atoms with E-state index in [9.17, 15) is 18.0 Å². The molecule has 8 nitrogen and oxygen atoms in total. The number of carbonyl (C=O) groups is 1. The van der Waals surface area contributed by atoms with Gasteiger partial charge >= 0.3 is 6.18 Å². The quantitative estimate of drug-likeness (QED) is 0.403. The molecule has 36 heavy (non-hydrogen) atoms. The molecule has 0 bridgehead atoms. The van der Waals surface area contributed by atoms with Gasteiger partial charge in [0.1, 0.15) is 16.3 Å². The summed E-state index contributed by atoms with van der Waals surface area (Å²) in [5.74, 6) is -0.846. The lowest BCUT2D eigenvalue weighted by atomic mass is 10.1. The van der Waals surface area contributed by atoms with Gasteiger partial charge in [0.15, 0.2) is 0 Å². The minimum Gasteiger partial charge on any atom is -0.355 e. The summed E-state index contributed by atoms with van der Waals surface area (Å²) < 4.78 is 38.3. The highest BCUT2D eigenvalue weighted by Crippen LogP contribution is 2.33. The first-order valence-corrected chi connectivity index (χ1v) is 12.2. The lowest BCUT2D eigenvalue weighted by molar-refractivity contribution is -0.145. The smallest absolute Gasteiger partial charge is 0.355 e. The second kappa shape index (κ2) is 9.41. The van der Waals surface area contributed by atoms with Crippen molar-refractivity contribution in [3.8, 4) is 10.6 Å². The summed E-state index contributed by atoms with van der Waals surface area (Å²) in [6, 6.07) is 2.77. The number of thiazole rings is 1. The monoisotopic (exact) mass is 513 g/mol. The topological polar surface area (TPSA) is 96.8 Å². The van der Waals surface area contributed by atoms with Gasteiger partial charge in [0.2, 0.25) is 5.82 Å². The van der Waals surface area contributed by atoms with Crippen LogP contribution in [0.15, 0.2) is 36.9 Å². The molecule has 1 aliphatic rings. The van der Waals surface area contributed by atoms with Crippen LogP contribution >= 0.6 is 11.3 Å². The molecule has 1 atom stereocenters. The number of halogens is 3. The molecule has 12 heteroatoms. The molecule has 1 amide bonds. The number of aryl methyl sites for hydroxylation is 1. The molecule has 4 aromatic rings. The fourth-order valence-corrected chi connectivity index (χ4v) is 4.83. The molecule has 1 unspecified atom stereocenters. The van der Waals surface area contributed by atoms with Crippen molar-refractivity contribution in [1.29, 1.82) is 0 Å². The van der Waals surface area contributed by atoms with Crippen molar-refractivity contribution < 1.29 is 18.0 Å².